The van der Waals surface area contributed by atoms with Crippen LogP contribution >= 0.6 is 11.3 Å². The van der Waals surface area contributed by atoms with Gasteiger partial charge < -0.3 is 10.1 Å². The molecule has 1 N–H and O–H groups in total. The molecule has 3 aromatic rings. The second-order valence-electron chi connectivity index (χ2n) is 7.84. The molecule has 0 saturated heterocycles. The van der Waals surface area contributed by atoms with Gasteiger partial charge in [0.05, 0.1) is 4.90 Å². The first-order valence-corrected chi connectivity index (χ1v) is 12.6. The van der Waals surface area contributed by atoms with E-state index in [2.05, 4.69) is 5.32 Å². The zero-order valence-electron chi connectivity index (χ0n) is 17.6. The molecular formula is C24H25NO4S2. The lowest BCUT2D eigenvalue weighted by Gasteiger charge is -2.14. The standard InChI is InChI=1S/C24H25NO4S2/c1-16-10-12-19(13-11-16)31(27,28)23-20-8-3-4-9-21(20)30-24(23)25-22(26)15-29-18-7-5-6-17(2)14-18/h5-7,10-14H,3-4,8-9,15H2,1-2H3,(H,25,26). The second kappa shape index (κ2) is 8.85. The van der Waals surface area contributed by atoms with Crippen LogP contribution in [0, 0.1) is 13.8 Å². The molecule has 0 spiro atoms. The van der Waals surface area contributed by atoms with Crippen LogP contribution in [-0.4, -0.2) is 20.9 Å². The van der Waals surface area contributed by atoms with Crippen LogP contribution in [0.4, 0.5) is 5.00 Å². The van der Waals surface area contributed by atoms with E-state index in [1.54, 1.807) is 30.3 Å². The Bertz CT molecular complexity index is 1210. The van der Waals surface area contributed by atoms with Crippen LogP contribution in [0.5, 0.6) is 5.75 Å². The highest BCUT2D eigenvalue weighted by Crippen LogP contribution is 2.43. The molecular weight excluding hydrogens is 430 g/mol. The predicted molar refractivity (Wildman–Crippen MR) is 123 cm³/mol. The number of amides is 1. The third kappa shape index (κ3) is 4.67. The van der Waals surface area contributed by atoms with E-state index < -0.39 is 9.84 Å². The van der Waals surface area contributed by atoms with Crippen molar-refractivity contribution in [3.8, 4) is 5.75 Å². The molecule has 1 aromatic heterocycles. The molecule has 0 unspecified atom stereocenters. The molecule has 1 aliphatic rings. The summed E-state index contributed by atoms with van der Waals surface area (Å²) in [5.41, 5.74) is 2.88. The van der Waals surface area contributed by atoms with Crippen molar-refractivity contribution in [3.05, 3.63) is 70.1 Å². The van der Waals surface area contributed by atoms with Gasteiger partial charge in [-0.2, -0.15) is 0 Å². The molecule has 31 heavy (non-hydrogen) atoms. The third-order valence-electron chi connectivity index (χ3n) is 5.34. The maximum absolute atomic E-state index is 13.5. The van der Waals surface area contributed by atoms with Gasteiger partial charge in [-0.05, 0) is 74.9 Å². The Morgan fingerprint density at radius 1 is 1.03 bits per heavy atom. The first-order valence-electron chi connectivity index (χ1n) is 10.3. The van der Waals surface area contributed by atoms with Crippen molar-refractivity contribution in [1.29, 1.82) is 0 Å². The topological polar surface area (TPSA) is 72.5 Å². The van der Waals surface area contributed by atoms with Gasteiger partial charge in [-0.3, -0.25) is 4.79 Å². The molecule has 0 atom stereocenters. The van der Waals surface area contributed by atoms with Crippen LogP contribution in [0.3, 0.4) is 0 Å². The Balaban J connectivity index is 1.62. The van der Waals surface area contributed by atoms with E-state index in [1.165, 1.54) is 11.3 Å². The normalized spacial score (nSPS) is 13.5. The summed E-state index contributed by atoms with van der Waals surface area (Å²) in [5.74, 6) is 0.230. The number of nitrogens with one attached hydrogen (secondary N) is 1. The van der Waals surface area contributed by atoms with Gasteiger partial charge in [0.2, 0.25) is 9.84 Å². The lowest BCUT2D eigenvalue weighted by molar-refractivity contribution is -0.118. The van der Waals surface area contributed by atoms with Crippen molar-refractivity contribution in [2.45, 2.75) is 49.3 Å². The smallest absolute Gasteiger partial charge is 0.262 e. The number of sulfone groups is 1. The van der Waals surface area contributed by atoms with Crippen molar-refractivity contribution < 1.29 is 17.9 Å². The molecule has 1 heterocycles. The van der Waals surface area contributed by atoms with Crippen molar-refractivity contribution in [2.75, 3.05) is 11.9 Å². The number of fused-ring (bicyclic) bond motifs is 1. The average molecular weight is 456 g/mol. The van der Waals surface area contributed by atoms with Crippen molar-refractivity contribution in [2.24, 2.45) is 0 Å². The molecule has 1 amide bonds. The van der Waals surface area contributed by atoms with Gasteiger partial charge in [-0.15, -0.1) is 11.3 Å². The minimum absolute atomic E-state index is 0.184. The largest absolute Gasteiger partial charge is 0.484 e. The number of hydrogen-bond acceptors (Lipinski definition) is 5. The van der Waals surface area contributed by atoms with Gasteiger partial charge in [0.15, 0.2) is 6.61 Å². The highest BCUT2D eigenvalue weighted by atomic mass is 32.2. The van der Waals surface area contributed by atoms with Crippen molar-refractivity contribution >= 4 is 32.1 Å². The molecule has 0 fully saturated rings. The lowest BCUT2D eigenvalue weighted by atomic mass is 9.99. The zero-order chi connectivity index (χ0) is 22.0. The van der Waals surface area contributed by atoms with Gasteiger partial charge in [0.1, 0.15) is 15.6 Å². The van der Waals surface area contributed by atoms with Gasteiger partial charge in [0.25, 0.3) is 5.91 Å². The summed E-state index contributed by atoms with van der Waals surface area (Å²) in [6.45, 7) is 3.68. The molecule has 1 aliphatic carbocycles. The zero-order valence-corrected chi connectivity index (χ0v) is 19.2. The number of carbonyl (C=O) groups is 1. The SMILES string of the molecule is Cc1ccc(S(=O)(=O)c2c(NC(=O)COc3cccc(C)c3)sc3c2CCCC3)cc1. The summed E-state index contributed by atoms with van der Waals surface area (Å²) >= 11 is 1.37. The molecule has 0 aliphatic heterocycles. The molecule has 0 bridgehead atoms. The minimum atomic E-state index is -3.75. The summed E-state index contributed by atoms with van der Waals surface area (Å²) in [4.78, 5) is 14.2. The van der Waals surface area contributed by atoms with Crippen LogP contribution < -0.4 is 10.1 Å². The number of anilines is 1. The van der Waals surface area contributed by atoms with Crippen molar-refractivity contribution in [3.63, 3.8) is 0 Å². The Morgan fingerprint density at radius 3 is 2.52 bits per heavy atom. The predicted octanol–water partition coefficient (Wildman–Crippen LogP) is 5.09. The summed E-state index contributed by atoms with van der Waals surface area (Å²) in [6.07, 6.45) is 3.53. The quantitative estimate of drug-likeness (QED) is 0.562. The maximum atomic E-state index is 13.5. The lowest BCUT2D eigenvalue weighted by Crippen LogP contribution is -2.21. The molecule has 5 nitrogen and oxygen atoms in total. The second-order valence-corrected chi connectivity index (χ2v) is 10.8. The number of carbonyl (C=O) groups excluding carboxylic acids is 1. The molecule has 0 radical (unpaired) electrons. The van der Waals surface area contributed by atoms with E-state index >= 15 is 0 Å². The fourth-order valence-electron chi connectivity index (χ4n) is 3.76. The Kier molecular flexibility index (Phi) is 6.16. The fraction of sp³-hybridized carbons (Fsp3) is 0.292. The average Bonchev–Trinajstić information content (AvgIpc) is 3.11. The van der Waals surface area contributed by atoms with Crippen LogP contribution in [0.2, 0.25) is 0 Å². The fourth-order valence-corrected chi connectivity index (χ4v) is 7.05. The molecule has 162 valence electrons. The highest BCUT2D eigenvalue weighted by Gasteiger charge is 2.31. The first kappa shape index (κ1) is 21.6. The van der Waals surface area contributed by atoms with E-state index in [0.29, 0.717) is 17.2 Å². The summed E-state index contributed by atoms with van der Waals surface area (Å²) in [5, 5.41) is 3.21. The number of hydrogen-bond donors (Lipinski definition) is 1. The van der Waals surface area contributed by atoms with Gasteiger partial charge >= 0.3 is 0 Å². The first-order chi connectivity index (χ1) is 14.8. The number of aryl methyl sites for hydroxylation is 3. The summed E-state index contributed by atoms with van der Waals surface area (Å²) < 4.78 is 32.6. The number of benzene rings is 2. The maximum Gasteiger partial charge on any atom is 0.262 e. The van der Waals surface area contributed by atoms with Gasteiger partial charge in [0, 0.05) is 4.88 Å². The third-order valence-corrected chi connectivity index (χ3v) is 8.55. The Hall–Kier alpha value is -2.64. The molecule has 7 heteroatoms. The van der Waals surface area contributed by atoms with Crippen LogP contribution in [-0.2, 0) is 27.5 Å². The van der Waals surface area contributed by atoms with Crippen LogP contribution in [0.15, 0.2) is 58.3 Å². The van der Waals surface area contributed by atoms with E-state index in [9.17, 15) is 13.2 Å². The van der Waals surface area contributed by atoms with Crippen LogP contribution in [0.25, 0.3) is 0 Å². The number of ether oxygens (including phenoxy) is 1. The number of rotatable bonds is 6. The molecule has 2 aromatic carbocycles. The Labute approximate surface area is 187 Å². The van der Waals surface area contributed by atoms with Gasteiger partial charge in [-0.1, -0.05) is 29.8 Å². The highest BCUT2D eigenvalue weighted by molar-refractivity contribution is 7.92. The van der Waals surface area contributed by atoms with E-state index in [4.69, 9.17) is 4.74 Å². The minimum Gasteiger partial charge on any atom is -0.484 e. The van der Waals surface area contributed by atoms with E-state index in [0.717, 1.165) is 40.8 Å². The molecule has 0 saturated carbocycles. The monoisotopic (exact) mass is 455 g/mol. The van der Waals surface area contributed by atoms with Crippen LogP contribution in [0.1, 0.15) is 34.4 Å². The van der Waals surface area contributed by atoms with Gasteiger partial charge in [-0.25, -0.2) is 8.42 Å². The molecule has 4 rings (SSSR count). The van der Waals surface area contributed by atoms with E-state index in [-0.39, 0.29) is 22.3 Å². The number of thiophene rings is 1. The summed E-state index contributed by atoms with van der Waals surface area (Å²) in [7, 11) is -3.75. The Morgan fingerprint density at radius 2 is 1.77 bits per heavy atom. The summed E-state index contributed by atoms with van der Waals surface area (Å²) in [6, 6.07) is 14.3. The van der Waals surface area contributed by atoms with Crippen molar-refractivity contribution in [1.82, 2.24) is 0 Å². The van der Waals surface area contributed by atoms with E-state index in [1.807, 2.05) is 32.0 Å².